The molecule has 1 heterocycles. The maximum atomic E-state index is 12.0. The first-order valence-electron chi connectivity index (χ1n) is 6.49. The third-order valence-corrected chi connectivity index (χ3v) is 4.39. The zero-order valence-electron chi connectivity index (χ0n) is 12.5. The second kappa shape index (κ2) is 5.37. The quantitative estimate of drug-likeness (QED) is 0.778. The van der Waals surface area contributed by atoms with Crippen LogP contribution in [0.2, 0.25) is 0 Å². The summed E-state index contributed by atoms with van der Waals surface area (Å²) < 4.78 is 4.89. The predicted octanol–water partition coefficient (Wildman–Crippen LogP) is 4.20. The summed E-state index contributed by atoms with van der Waals surface area (Å²) in [5, 5.41) is 0.939. The van der Waals surface area contributed by atoms with Crippen molar-refractivity contribution in [1.82, 2.24) is 4.98 Å². The smallest absolute Gasteiger partial charge is 0.350 e. The zero-order valence-corrected chi connectivity index (χ0v) is 13.3. The Morgan fingerprint density at radius 1 is 1.30 bits per heavy atom. The highest BCUT2D eigenvalue weighted by atomic mass is 32.1. The number of benzene rings is 1. The Morgan fingerprint density at radius 2 is 2.00 bits per heavy atom. The molecule has 0 aliphatic heterocycles. The average Bonchev–Trinajstić information content (AvgIpc) is 2.82. The number of hydrogen-bond donors (Lipinski definition) is 0. The van der Waals surface area contributed by atoms with E-state index in [0.717, 1.165) is 21.8 Å². The molecule has 0 bridgehead atoms. The lowest BCUT2D eigenvalue weighted by Gasteiger charge is -2.13. The van der Waals surface area contributed by atoms with Gasteiger partial charge < -0.3 is 4.74 Å². The molecule has 4 heteroatoms. The number of esters is 1. The highest BCUT2D eigenvalue weighted by molar-refractivity contribution is 7.14. The highest BCUT2D eigenvalue weighted by Crippen LogP contribution is 2.35. The Morgan fingerprint density at radius 3 is 2.55 bits per heavy atom. The van der Waals surface area contributed by atoms with E-state index in [2.05, 4.69) is 25.8 Å². The lowest BCUT2D eigenvalue weighted by molar-refractivity contribution is 0.0607. The number of aryl methyl sites for hydroxylation is 1. The Labute approximate surface area is 123 Å². The SMILES string of the molecule is COC(=O)c1sc(C(C)(C)C)nc1-c1cccc(C)c1. The number of carbonyl (C=O) groups is 1. The first-order chi connectivity index (χ1) is 9.32. The van der Waals surface area contributed by atoms with Crippen LogP contribution in [0, 0.1) is 6.92 Å². The molecule has 106 valence electrons. The van der Waals surface area contributed by atoms with Crippen molar-refractivity contribution in [2.45, 2.75) is 33.1 Å². The number of ether oxygens (including phenoxy) is 1. The van der Waals surface area contributed by atoms with Crippen LogP contribution in [0.5, 0.6) is 0 Å². The molecule has 0 unspecified atom stereocenters. The first-order valence-corrected chi connectivity index (χ1v) is 7.31. The monoisotopic (exact) mass is 289 g/mol. The molecule has 0 atom stereocenters. The number of methoxy groups -OCH3 is 1. The van der Waals surface area contributed by atoms with Crippen LogP contribution >= 0.6 is 11.3 Å². The molecule has 0 N–H and O–H groups in total. The molecular weight excluding hydrogens is 270 g/mol. The summed E-state index contributed by atoms with van der Waals surface area (Å²) in [6.45, 7) is 8.30. The van der Waals surface area contributed by atoms with Crippen LogP contribution in [0.15, 0.2) is 24.3 Å². The van der Waals surface area contributed by atoms with Crippen molar-refractivity contribution in [1.29, 1.82) is 0 Å². The summed E-state index contributed by atoms with van der Waals surface area (Å²) in [6, 6.07) is 8.01. The van der Waals surface area contributed by atoms with Crippen molar-refractivity contribution < 1.29 is 9.53 Å². The molecule has 0 fully saturated rings. The van der Waals surface area contributed by atoms with Crippen LogP contribution in [-0.2, 0) is 10.2 Å². The number of hydrogen-bond acceptors (Lipinski definition) is 4. The van der Waals surface area contributed by atoms with Crippen LogP contribution in [-0.4, -0.2) is 18.1 Å². The van der Waals surface area contributed by atoms with Crippen LogP contribution in [0.3, 0.4) is 0 Å². The molecule has 0 radical (unpaired) electrons. The summed E-state index contributed by atoms with van der Waals surface area (Å²) in [5.41, 5.74) is 2.73. The summed E-state index contributed by atoms with van der Waals surface area (Å²) in [7, 11) is 1.40. The molecule has 0 amide bonds. The van der Waals surface area contributed by atoms with Crippen molar-refractivity contribution in [3.8, 4) is 11.3 Å². The Balaban J connectivity index is 2.61. The van der Waals surface area contributed by atoms with E-state index >= 15 is 0 Å². The summed E-state index contributed by atoms with van der Waals surface area (Å²) in [4.78, 5) is 17.2. The van der Waals surface area contributed by atoms with Gasteiger partial charge in [0.1, 0.15) is 4.88 Å². The van der Waals surface area contributed by atoms with E-state index in [0.29, 0.717) is 4.88 Å². The molecule has 2 rings (SSSR count). The molecule has 2 aromatic rings. The molecule has 0 aliphatic rings. The molecule has 1 aromatic carbocycles. The van der Waals surface area contributed by atoms with Gasteiger partial charge in [-0.1, -0.05) is 44.5 Å². The van der Waals surface area contributed by atoms with Gasteiger partial charge in [0.2, 0.25) is 0 Å². The van der Waals surface area contributed by atoms with E-state index in [9.17, 15) is 4.79 Å². The van der Waals surface area contributed by atoms with Gasteiger partial charge in [0, 0.05) is 11.0 Å². The molecule has 3 nitrogen and oxygen atoms in total. The first kappa shape index (κ1) is 14.7. The van der Waals surface area contributed by atoms with E-state index in [4.69, 9.17) is 4.74 Å². The molecule has 0 spiro atoms. The van der Waals surface area contributed by atoms with E-state index in [-0.39, 0.29) is 11.4 Å². The summed E-state index contributed by atoms with van der Waals surface area (Å²) in [6.07, 6.45) is 0. The van der Waals surface area contributed by atoms with Crippen LogP contribution in [0.4, 0.5) is 0 Å². The van der Waals surface area contributed by atoms with Gasteiger partial charge in [-0.05, 0) is 13.0 Å². The number of aromatic nitrogens is 1. The van der Waals surface area contributed by atoms with Gasteiger partial charge >= 0.3 is 5.97 Å². The lowest BCUT2D eigenvalue weighted by Crippen LogP contribution is -2.10. The topological polar surface area (TPSA) is 39.2 Å². The predicted molar refractivity (Wildman–Crippen MR) is 82.3 cm³/mol. The maximum absolute atomic E-state index is 12.0. The molecular formula is C16H19NO2S. The average molecular weight is 289 g/mol. The molecule has 0 aliphatic carbocycles. The van der Waals surface area contributed by atoms with Crippen LogP contribution < -0.4 is 0 Å². The van der Waals surface area contributed by atoms with Crippen LogP contribution in [0.1, 0.15) is 41.0 Å². The molecule has 0 saturated carbocycles. The van der Waals surface area contributed by atoms with Crippen molar-refractivity contribution in [3.63, 3.8) is 0 Å². The van der Waals surface area contributed by atoms with E-state index in [1.807, 2.05) is 31.2 Å². The molecule has 20 heavy (non-hydrogen) atoms. The molecule has 1 aromatic heterocycles. The largest absolute Gasteiger partial charge is 0.465 e. The highest BCUT2D eigenvalue weighted by Gasteiger charge is 2.25. The summed E-state index contributed by atoms with van der Waals surface area (Å²) in [5.74, 6) is -0.325. The van der Waals surface area contributed by atoms with E-state index in [1.165, 1.54) is 18.4 Å². The fourth-order valence-electron chi connectivity index (χ4n) is 1.86. The van der Waals surface area contributed by atoms with Gasteiger partial charge in [-0.25, -0.2) is 9.78 Å². The van der Waals surface area contributed by atoms with Gasteiger partial charge in [-0.15, -0.1) is 11.3 Å². The van der Waals surface area contributed by atoms with E-state index in [1.54, 1.807) is 0 Å². The lowest BCUT2D eigenvalue weighted by atomic mass is 9.98. The second-order valence-corrected chi connectivity index (χ2v) is 6.81. The fourth-order valence-corrected chi connectivity index (χ4v) is 2.92. The minimum Gasteiger partial charge on any atom is -0.465 e. The standard InChI is InChI=1S/C16H19NO2S/c1-10-7-6-8-11(9-10)12-13(14(18)19-5)20-15(17-12)16(2,3)4/h6-9H,1-5H3. The van der Waals surface area contributed by atoms with Crippen molar-refractivity contribution >= 4 is 17.3 Å². The Hall–Kier alpha value is -1.68. The second-order valence-electron chi connectivity index (χ2n) is 5.81. The van der Waals surface area contributed by atoms with E-state index < -0.39 is 0 Å². The van der Waals surface area contributed by atoms with Gasteiger partial charge in [0.25, 0.3) is 0 Å². The third kappa shape index (κ3) is 2.90. The van der Waals surface area contributed by atoms with Gasteiger partial charge in [-0.2, -0.15) is 0 Å². The number of nitrogens with zero attached hydrogens (tertiary/aromatic N) is 1. The minimum atomic E-state index is -0.325. The Kier molecular flexibility index (Phi) is 3.95. The minimum absolute atomic E-state index is 0.0878. The van der Waals surface area contributed by atoms with Gasteiger partial charge in [0.05, 0.1) is 17.8 Å². The third-order valence-electron chi connectivity index (χ3n) is 2.93. The normalized spacial score (nSPS) is 11.4. The van der Waals surface area contributed by atoms with Gasteiger partial charge in [0.15, 0.2) is 0 Å². The summed E-state index contributed by atoms with van der Waals surface area (Å²) >= 11 is 1.41. The van der Waals surface area contributed by atoms with Crippen molar-refractivity contribution in [2.75, 3.05) is 7.11 Å². The van der Waals surface area contributed by atoms with Crippen molar-refractivity contribution in [3.05, 3.63) is 39.7 Å². The number of thiazole rings is 1. The zero-order chi connectivity index (χ0) is 14.9. The van der Waals surface area contributed by atoms with Gasteiger partial charge in [-0.3, -0.25) is 0 Å². The Bertz CT molecular complexity index is 638. The van der Waals surface area contributed by atoms with Crippen molar-refractivity contribution in [2.24, 2.45) is 0 Å². The maximum Gasteiger partial charge on any atom is 0.350 e. The number of rotatable bonds is 2. The molecule has 0 saturated heterocycles. The number of carbonyl (C=O) groups excluding carboxylic acids is 1. The van der Waals surface area contributed by atoms with Crippen LogP contribution in [0.25, 0.3) is 11.3 Å². The fraction of sp³-hybridized carbons (Fsp3) is 0.375.